The SMILES string of the molecule is CCNC(CCO)CN1CCC(c2ccccc2)C1. The van der Waals surface area contributed by atoms with Gasteiger partial charge in [-0.05, 0) is 37.4 Å². The first kappa shape index (κ1) is 14.5. The van der Waals surface area contributed by atoms with Crippen LogP contribution in [0.2, 0.25) is 0 Å². The smallest absolute Gasteiger partial charge is 0.0446 e. The van der Waals surface area contributed by atoms with E-state index in [1.807, 2.05) is 0 Å². The van der Waals surface area contributed by atoms with Gasteiger partial charge in [0, 0.05) is 25.7 Å². The zero-order chi connectivity index (χ0) is 13.5. The third kappa shape index (κ3) is 4.30. The van der Waals surface area contributed by atoms with E-state index in [9.17, 15) is 0 Å². The number of aliphatic hydroxyl groups is 1. The Balaban J connectivity index is 1.84. The molecule has 0 spiro atoms. The third-order valence-corrected chi connectivity index (χ3v) is 3.99. The fourth-order valence-electron chi connectivity index (χ4n) is 3.01. The van der Waals surface area contributed by atoms with Crippen molar-refractivity contribution in [1.82, 2.24) is 10.2 Å². The summed E-state index contributed by atoms with van der Waals surface area (Å²) in [6, 6.07) is 11.2. The summed E-state index contributed by atoms with van der Waals surface area (Å²) in [6.45, 7) is 6.75. The van der Waals surface area contributed by atoms with Crippen LogP contribution in [0.1, 0.15) is 31.2 Å². The number of nitrogens with one attached hydrogen (secondary N) is 1. The van der Waals surface area contributed by atoms with Gasteiger partial charge in [0.05, 0.1) is 0 Å². The summed E-state index contributed by atoms with van der Waals surface area (Å²) < 4.78 is 0. The Morgan fingerprint density at radius 1 is 1.37 bits per heavy atom. The Hall–Kier alpha value is -0.900. The van der Waals surface area contributed by atoms with Crippen molar-refractivity contribution in [2.24, 2.45) is 0 Å². The maximum absolute atomic E-state index is 9.11. The predicted molar refractivity (Wildman–Crippen MR) is 79.4 cm³/mol. The summed E-state index contributed by atoms with van der Waals surface area (Å²) in [5, 5.41) is 12.6. The number of rotatable bonds is 7. The van der Waals surface area contributed by atoms with E-state index in [4.69, 9.17) is 5.11 Å². The second-order valence-corrected chi connectivity index (χ2v) is 5.42. The fraction of sp³-hybridized carbons (Fsp3) is 0.625. The molecule has 0 aromatic heterocycles. The number of likely N-dealkylation sites (N-methyl/N-ethyl adjacent to an activating group) is 1. The highest BCUT2D eigenvalue weighted by molar-refractivity contribution is 5.21. The van der Waals surface area contributed by atoms with Crippen LogP contribution in [0.3, 0.4) is 0 Å². The van der Waals surface area contributed by atoms with Gasteiger partial charge in [-0.25, -0.2) is 0 Å². The first-order chi connectivity index (χ1) is 9.33. The van der Waals surface area contributed by atoms with Crippen molar-refractivity contribution in [1.29, 1.82) is 0 Å². The van der Waals surface area contributed by atoms with E-state index < -0.39 is 0 Å². The Morgan fingerprint density at radius 2 is 2.16 bits per heavy atom. The van der Waals surface area contributed by atoms with E-state index in [0.29, 0.717) is 12.0 Å². The van der Waals surface area contributed by atoms with Crippen molar-refractivity contribution >= 4 is 0 Å². The number of likely N-dealkylation sites (tertiary alicyclic amines) is 1. The first-order valence-corrected chi connectivity index (χ1v) is 7.45. The molecule has 3 nitrogen and oxygen atoms in total. The molecule has 2 unspecified atom stereocenters. The van der Waals surface area contributed by atoms with Gasteiger partial charge in [-0.15, -0.1) is 0 Å². The second-order valence-electron chi connectivity index (χ2n) is 5.42. The van der Waals surface area contributed by atoms with Gasteiger partial charge < -0.3 is 15.3 Å². The molecule has 1 saturated heterocycles. The van der Waals surface area contributed by atoms with Crippen LogP contribution < -0.4 is 5.32 Å². The molecular formula is C16H26N2O. The molecule has 2 rings (SSSR count). The molecule has 1 fully saturated rings. The minimum atomic E-state index is 0.271. The molecule has 0 radical (unpaired) electrons. The topological polar surface area (TPSA) is 35.5 Å². The monoisotopic (exact) mass is 262 g/mol. The molecule has 1 aliphatic heterocycles. The lowest BCUT2D eigenvalue weighted by molar-refractivity contribution is 0.229. The van der Waals surface area contributed by atoms with Crippen molar-refractivity contribution in [3.63, 3.8) is 0 Å². The van der Waals surface area contributed by atoms with Crippen LogP contribution in [0.4, 0.5) is 0 Å². The highest BCUT2D eigenvalue weighted by atomic mass is 16.3. The summed E-state index contributed by atoms with van der Waals surface area (Å²) in [4.78, 5) is 2.53. The number of hydrogen-bond acceptors (Lipinski definition) is 3. The molecule has 1 heterocycles. The van der Waals surface area contributed by atoms with E-state index in [0.717, 1.165) is 26.1 Å². The van der Waals surface area contributed by atoms with E-state index in [1.165, 1.54) is 18.5 Å². The molecule has 2 atom stereocenters. The number of nitrogens with zero attached hydrogens (tertiary/aromatic N) is 1. The third-order valence-electron chi connectivity index (χ3n) is 3.99. The van der Waals surface area contributed by atoms with Crippen molar-refractivity contribution in [2.75, 3.05) is 32.8 Å². The highest BCUT2D eigenvalue weighted by Crippen LogP contribution is 2.26. The standard InChI is InChI=1S/C16H26N2O/c1-2-17-16(9-11-19)13-18-10-8-15(12-18)14-6-4-3-5-7-14/h3-7,15-17,19H,2,8-13H2,1H3. The van der Waals surface area contributed by atoms with Gasteiger partial charge in [-0.2, -0.15) is 0 Å². The van der Waals surface area contributed by atoms with Crippen LogP contribution in [0.5, 0.6) is 0 Å². The molecule has 0 aliphatic carbocycles. The highest BCUT2D eigenvalue weighted by Gasteiger charge is 2.25. The molecule has 1 aromatic carbocycles. The van der Waals surface area contributed by atoms with E-state index >= 15 is 0 Å². The van der Waals surface area contributed by atoms with Crippen LogP contribution >= 0.6 is 0 Å². The van der Waals surface area contributed by atoms with E-state index in [-0.39, 0.29) is 6.61 Å². The molecule has 0 bridgehead atoms. The Labute approximate surface area is 116 Å². The van der Waals surface area contributed by atoms with Crippen LogP contribution in [-0.2, 0) is 0 Å². The van der Waals surface area contributed by atoms with Crippen LogP contribution in [0.15, 0.2) is 30.3 Å². The molecule has 2 N–H and O–H groups in total. The zero-order valence-electron chi connectivity index (χ0n) is 11.9. The lowest BCUT2D eigenvalue weighted by atomic mass is 9.99. The average molecular weight is 262 g/mol. The van der Waals surface area contributed by atoms with Gasteiger partial charge >= 0.3 is 0 Å². The molecule has 0 saturated carbocycles. The molecule has 19 heavy (non-hydrogen) atoms. The van der Waals surface area contributed by atoms with Crippen LogP contribution in [-0.4, -0.2) is 48.8 Å². The maximum Gasteiger partial charge on any atom is 0.0446 e. The number of aliphatic hydroxyl groups excluding tert-OH is 1. The van der Waals surface area contributed by atoms with Crippen LogP contribution in [0, 0.1) is 0 Å². The second kappa shape index (κ2) is 7.63. The van der Waals surface area contributed by atoms with Crippen LogP contribution in [0.25, 0.3) is 0 Å². The molecule has 3 heteroatoms. The van der Waals surface area contributed by atoms with Crippen molar-refractivity contribution in [3.05, 3.63) is 35.9 Å². The molecular weight excluding hydrogens is 236 g/mol. The average Bonchev–Trinajstić information content (AvgIpc) is 2.89. The largest absolute Gasteiger partial charge is 0.396 e. The molecule has 106 valence electrons. The maximum atomic E-state index is 9.11. The Kier molecular flexibility index (Phi) is 5.83. The molecule has 1 aliphatic rings. The summed E-state index contributed by atoms with van der Waals surface area (Å²) >= 11 is 0. The molecule has 1 aromatic rings. The lowest BCUT2D eigenvalue weighted by Crippen LogP contribution is -2.40. The number of hydrogen-bond donors (Lipinski definition) is 2. The quantitative estimate of drug-likeness (QED) is 0.787. The fourth-order valence-corrected chi connectivity index (χ4v) is 3.01. The van der Waals surface area contributed by atoms with Gasteiger partial charge in [-0.1, -0.05) is 37.3 Å². The van der Waals surface area contributed by atoms with Gasteiger partial charge in [0.25, 0.3) is 0 Å². The minimum absolute atomic E-state index is 0.271. The van der Waals surface area contributed by atoms with Crippen molar-refractivity contribution in [3.8, 4) is 0 Å². The van der Waals surface area contributed by atoms with Crippen molar-refractivity contribution in [2.45, 2.75) is 31.7 Å². The lowest BCUT2D eigenvalue weighted by Gasteiger charge is -2.24. The van der Waals surface area contributed by atoms with Crippen molar-refractivity contribution < 1.29 is 5.11 Å². The Bertz CT molecular complexity index is 349. The molecule has 0 amide bonds. The van der Waals surface area contributed by atoms with Gasteiger partial charge in [0.1, 0.15) is 0 Å². The number of benzene rings is 1. The zero-order valence-corrected chi connectivity index (χ0v) is 11.9. The summed E-state index contributed by atoms with van der Waals surface area (Å²) in [6.07, 6.45) is 2.10. The van der Waals surface area contributed by atoms with Gasteiger partial charge in [-0.3, -0.25) is 0 Å². The van der Waals surface area contributed by atoms with E-state index in [1.54, 1.807) is 0 Å². The van der Waals surface area contributed by atoms with Gasteiger partial charge in [0.2, 0.25) is 0 Å². The predicted octanol–water partition coefficient (Wildman–Crippen LogP) is 1.84. The first-order valence-electron chi connectivity index (χ1n) is 7.45. The summed E-state index contributed by atoms with van der Waals surface area (Å²) in [7, 11) is 0. The van der Waals surface area contributed by atoms with Gasteiger partial charge in [0.15, 0.2) is 0 Å². The summed E-state index contributed by atoms with van der Waals surface area (Å²) in [5.74, 6) is 0.678. The minimum Gasteiger partial charge on any atom is -0.396 e. The normalized spacial score (nSPS) is 21.7. The Morgan fingerprint density at radius 3 is 2.84 bits per heavy atom. The summed E-state index contributed by atoms with van der Waals surface area (Å²) in [5.41, 5.74) is 1.46. The van der Waals surface area contributed by atoms with E-state index in [2.05, 4.69) is 47.5 Å².